The second kappa shape index (κ2) is 22.5. The lowest BCUT2D eigenvalue weighted by molar-refractivity contribution is 0.0295. The number of ketones is 2. The average Bonchev–Trinajstić information content (AvgIpc) is 4.29. The molecule has 4 aliphatic carbocycles. The molecule has 4 fully saturated rings. The Hall–Kier alpha value is -7.26. The fourth-order valence-electron chi connectivity index (χ4n) is 8.87. The van der Waals surface area contributed by atoms with E-state index in [0.29, 0.717) is 72.3 Å². The number of rotatable bonds is 18. The maximum Gasteiger partial charge on any atom is 0.268 e. The third-order valence-corrected chi connectivity index (χ3v) is 13.6. The standard InChI is InChI=1S/2C27H28FN3O6/c2*1-2-22(36-17-8-5-15(6-9-17)23(33)14-3-4-14)27-30-25(31-37-27)16-7-10-18(19(28)13-16)26(35)29-20-11-12-21(32)24(20)34/h2*5-10,13-14,20-22,24,32,34H,2-4,11-12H2,1H3,(H,29,35)/t20-,21+,22+,24-;20-,21+,22-,24-/m01/s1. The zero-order valence-electron chi connectivity index (χ0n) is 40.5. The van der Waals surface area contributed by atoms with Crippen molar-refractivity contribution in [1.29, 1.82) is 0 Å². The van der Waals surface area contributed by atoms with Gasteiger partial charge in [-0.1, -0.05) is 36.3 Å². The fourth-order valence-corrected chi connectivity index (χ4v) is 8.87. The highest BCUT2D eigenvalue weighted by Crippen LogP contribution is 2.35. The van der Waals surface area contributed by atoms with Crippen molar-refractivity contribution in [1.82, 2.24) is 30.9 Å². The SMILES string of the molecule is CC[C@@H](Oc1ccc(C(=O)C2CC2)cc1)c1nc(-c2ccc(C(=O)N[C@@H]3CC[C@H](O)[C@@H]3O)c(F)c2)no1.CC[C@@H](Oc1ccc(C(=O)C2CC2)cc1)c1nc(-c2ccc(C(=O)N[C@H]3CC[C@@H](O)[C@H]3O)c(F)c2)no1. The number of nitrogens with zero attached hydrogens (tertiary/aromatic N) is 4. The van der Waals surface area contributed by atoms with Gasteiger partial charge in [0.15, 0.2) is 23.8 Å². The van der Waals surface area contributed by atoms with E-state index in [9.17, 15) is 48.4 Å². The molecule has 0 spiro atoms. The third kappa shape index (κ3) is 11.9. The normalized spacial score (nSPS) is 22.0. The number of Topliss-reactive ketones (excluding diaryl/α,β-unsaturated/α-hetero) is 2. The number of halogens is 2. The number of nitrogens with one attached hydrogen (secondary N) is 2. The molecular formula is C54H56F2N6O12. The van der Waals surface area contributed by atoms with Gasteiger partial charge in [-0.15, -0.1) is 0 Å². The number of carbonyl (C=O) groups is 4. The Morgan fingerprint density at radius 2 is 0.946 bits per heavy atom. The Morgan fingerprint density at radius 3 is 1.26 bits per heavy atom. The number of aromatic nitrogens is 4. The second-order valence-corrected chi connectivity index (χ2v) is 19.1. The molecule has 2 heterocycles. The Labute approximate surface area is 423 Å². The molecule has 0 radical (unpaired) electrons. The maximum absolute atomic E-state index is 14.8. The van der Waals surface area contributed by atoms with E-state index in [1.165, 1.54) is 24.3 Å². The molecule has 2 amide bonds. The lowest BCUT2D eigenvalue weighted by atomic mass is 10.1. The molecule has 74 heavy (non-hydrogen) atoms. The first kappa shape index (κ1) is 51.6. The van der Waals surface area contributed by atoms with Crippen molar-refractivity contribution in [2.75, 3.05) is 0 Å². The highest BCUT2D eigenvalue weighted by molar-refractivity contribution is 6.00. The van der Waals surface area contributed by atoms with Crippen molar-refractivity contribution in [3.8, 4) is 34.3 Å². The molecule has 20 heteroatoms. The molecule has 4 saturated carbocycles. The minimum absolute atomic E-state index is 0.141. The highest BCUT2D eigenvalue weighted by Gasteiger charge is 2.37. The van der Waals surface area contributed by atoms with Gasteiger partial charge in [-0.3, -0.25) is 19.2 Å². The summed E-state index contributed by atoms with van der Waals surface area (Å²) < 4.78 is 52.3. The topological polar surface area (TPSA) is 270 Å². The summed E-state index contributed by atoms with van der Waals surface area (Å²) in [5.41, 5.74) is 1.58. The largest absolute Gasteiger partial charge is 0.481 e. The van der Waals surface area contributed by atoms with E-state index in [1.807, 2.05) is 13.8 Å². The first-order chi connectivity index (χ1) is 35.7. The van der Waals surface area contributed by atoms with Crippen molar-refractivity contribution in [3.05, 3.63) is 131 Å². The quantitative estimate of drug-likeness (QED) is 0.0464. The van der Waals surface area contributed by atoms with Gasteiger partial charge in [-0.2, -0.15) is 9.97 Å². The first-order valence-electron chi connectivity index (χ1n) is 24.9. The minimum Gasteiger partial charge on any atom is -0.481 e. The third-order valence-electron chi connectivity index (χ3n) is 13.6. The van der Waals surface area contributed by atoms with Gasteiger partial charge >= 0.3 is 0 Å². The molecule has 0 bridgehead atoms. The molecule has 10 rings (SSSR count). The Bertz CT molecular complexity index is 2780. The number of amides is 2. The van der Waals surface area contributed by atoms with Crippen LogP contribution < -0.4 is 20.1 Å². The molecule has 0 aliphatic heterocycles. The van der Waals surface area contributed by atoms with E-state index in [-0.39, 0.29) is 58.0 Å². The summed E-state index contributed by atoms with van der Waals surface area (Å²) in [7, 11) is 0. The van der Waals surface area contributed by atoms with Crippen molar-refractivity contribution in [2.45, 2.75) is 127 Å². The van der Waals surface area contributed by atoms with Gasteiger partial charge in [-0.25, -0.2) is 8.78 Å². The van der Waals surface area contributed by atoms with Crippen LogP contribution in [0.3, 0.4) is 0 Å². The molecule has 8 atom stereocenters. The predicted molar refractivity (Wildman–Crippen MR) is 259 cm³/mol. The van der Waals surface area contributed by atoms with Crippen LogP contribution in [0.5, 0.6) is 11.5 Å². The molecule has 4 aliphatic rings. The number of aliphatic hydroxyl groups excluding tert-OH is 4. The number of carbonyl (C=O) groups excluding carboxylic acids is 4. The zero-order chi connectivity index (χ0) is 52.2. The number of aliphatic hydroxyl groups is 4. The first-order valence-corrected chi connectivity index (χ1v) is 24.9. The molecule has 2 aromatic heterocycles. The summed E-state index contributed by atoms with van der Waals surface area (Å²) in [6.45, 7) is 3.79. The van der Waals surface area contributed by atoms with E-state index in [2.05, 4.69) is 30.9 Å². The number of hydrogen-bond donors (Lipinski definition) is 6. The van der Waals surface area contributed by atoms with Crippen molar-refractivity contribution >= 4 is 23.4 Å². The van der Waals surface area contributed by atoms with Gasteiger partial charge in [0.05, 0.1) is 35.4 Å². The molecule has 18 nitrogen and oxygen atoms in total. The van der Waals surface area contributed by atoms with Gasteiger partial charge in [0.25, 0.3) is 23.6 Å². The van der Waals surface area contributed by atoms with Crippen LogP contribution in [0, 0.1) is 23.5 Å². The number of hydrogen-bond acceptors (Lipinski definition) is 16. The van der Waals surface area contributed by atoms with Crippen LogP contribution in [-0.4, -0.2) is 101 Å². The van der Waals surface area contributed by atoms with Crippen molar-refractivity contribution in [3.63, 3.8) is 0 Å². The minimum atomic E-state index is -1.08. The summed E-state index contributed by atoms with van der Waals surface area (Å²) in [6, 6.07) is 20.6. The van der Waals surface area contributed by atoms with Crippen LogP contribution in [0.4, 0.5) is 8.78 Å². The molecule has 6 aromatic rings. The Morgan fingerprint density at radius 1 is 0.568 bits per heavy atom. The molecular weight excluding hydrogens is 963 g/mol. The Balaban J connectivity index is 0.000000182. The molecule has 0 saturated heterocycles. The summed E-state index contributed by atoms with van der Waals surface area (Å²) in [5, 5.41) is 52.1. The lowest BCUT2D eigenvalue weighted by Crippen LogP contribution is -2.43. The van der Waals surface area contributed by atoms with Crippen LogP contribution in [-0.2, 0) is 0 Å². The summed E-state index contributed by atoms with van der Waals surface area (Å²) in [4.78, 5) is 58.1. The molecule has 4 aromatic carbocycles. The molecule has 0 unspecified atom stereocenters. The highest BCUT2D eigenvalue weighted by atomic mass is 19.1. The van der Waals surface area contributed by atoms with E-state index in [0.717, 1.165) is 37.8 Å². The lowest BCUT2D eigenvalue weighted by Gasteiger charge is -2.18. The van der Waals surface area contributed by atoms with Gasteiger partial charge in [-0.05, 0) is 137 Å². The van der Waals surface area contributed by atoms with Gasteiger partial charge < -0.3 is 49.6 Å². The van der Waals surface area contributed by atoms with Crippen LogP contribution in [0.1, 0.15) is 143 Å². The van der Waals surface area contributed by atoms with Crippen LogP contribution in [0.2, 0.25) is 0 Å². The maximum atomic E-state index is 14.8. The summed E-state index contributed by atoms with van der Waals surface area (Å²) in [5.74, 6) is -0.484. The Kier molecular flexibility index (Phi) is 15.7. The monoisotopic (exact) mass is 1020 g/mol. The zero-order valence-corrected chi connectivity index (χ0v) is 40.5. The van der Waals surface area contributed by atoms with Gasteiger partial charge in [0.2, 0.25) is 11.6 Å². The molecule has 388 valence electrons. The van der Waals surface area contributed by atoms with E-state index in [1.54, 1.807) is 48.5 Å². The van der Waals surface area contributed by atoms with Gasteiger partial charge in [0, 0.05) is 34.1 Å². The number of benzene rings is 4. The summed E-state index contributed by atoms with van der Waals surface area (Å²) in [6.07, 6.45) is 1.31. The van der Waals surface area contributed by atoms with Crippen LogP contribution in [0.25, 0.3) is 22.8 Å². The molecule has 6 N–H and O–H groups in total. The smallest absolute Gasteiger partial charge is 0.268 e. The number of ether oxygens (including phenoxy) is 2. The van der Waals surface area contributed by atoms with Crippen LogP contribution >= 0.6 is 0 Å². The predicted octanol–water partition coefficient (Wildman–Crippen LogP) is 7.23. The van der Waals surface area contributed by atoms with Gasteiger partial charge in [0.1, 0.15) is 35.3 Å². The fraction of sp³-hybridized carbons (Fsp3) is 0.407. The van der Waals surface area contributed by atoms with Crippen LogP contribution in [0.15, 0.2) is 94.0 Å². The second-order valence-electron chi connectivity index (χ2n) is 19.1. The summed E-state index contributed by atoms with van der Waals surface area (Å²) >= 11 is 0. The average molecular weight is 1020 g/mol. The van der Waals surface area contributed by atoms with E-state index in [4.69, 9.17) is 18.5 Å². The van der Waals surface area contributed by atoms with Crippen molar-refractivity contribution < 1.29 is 66.9 Å². The van der Waals surface area contributed by atoms with E-state index < -0.39 is 72.2 Å². The van der Waals surface area contributed by atoms with E-state index >= 15 is 0 Å². The van der Waals surface area contributed by atoms with Crippen molar-refractivity contribution in [2.24, 2.45) is 11.8 Å².